The molecule has 62 heavy (non-hydrogen) atoms. The lowest BCUT2D eigenvalue weighted by Crippen LogP contribution is -2.12. The predicted octanol–water partition coefficient (Wildman–Crippen LogP) is 17.2. The Hall–Kier alpha value is -8.20. The van der Waals surface area contributed by atoms with Crippen molar-refractivity contribution >= 4 is 71.3 Å². The van der Waals surface area contributed by atoms with Gasteiger partial charge in [-0.2, -0.15) is 0 Å². The number of benzene rings is 11. The number of hydrogen-bond acceptors (Lipinski definition) is 2. The highest BCUT2D eigenvalue weighted by atomic mass is 16.3. The Morgan fingerprint density at radius 1 is 0.274 bits per heavy atom. The lowest BCUT2D eigenvalue weighted by atomic mass is 9.93. The van der Waals surface area contributed by atoms with Crippen molar-refractivity contribution in [1.82, 2.24) is 0 Å². The van der Waals surface area contributed by atoms with Gasteiger partial charge in [-0.05, 0) is 108 Å². The summed E-state index contributed by atoms with van der Waals surface area (Å²) in [6, 6.07) is 85.6. The summed E-state index contributed by atoms with van der Waals surface area (Å²) < 4.78 is 6.29. The van der Waals surface area contributed by atoms with Crippen molar-refractivity contribution < 1.29 is 4.42 Å². The highest BCUT2D eigenvalue weighted by molar-refractivity contribution is 6.13. The van der Waals surface area contributed by atoms with Crippen molar-refractivity contribution in [2.24, 2.45) is 0 Å². The molecule has 2 nitrogen and oxygen atoms in total. The second-order valence-corrected chi connectivity index (χ2v) is 16.0. The molecule has 0 saturated heterocycles. The number of hydrogen-bond donors (Lipinski definition) is 0. The molecule has 11 aromatic carbocycles. The van der Waals surface area contributed by atoms with E-state index in [0.29, 0.717) is 0 Å². The highest BCUT2D eigenvalue weighted by Crippen LogP contribution is 2.46. The van der Waals surface area contributed by atoms with Gasteiger partial charge in [0.15, 0.2) is 0 Å². The van der Waals surface area contributed by atoms with Crippen molar-refractivity contribution in [2.75, 3.05) is 4.90 Å². The molecule has 1 heterocycles. The van der Waals surface area contributed by atoms with E-state index in [0.717, 1.165) is 66.8 Å². The first-order valence-electron chi connectivity index (χ1n) is 21.2. The summed E-state index contributed by atoms with van der Waals surface area (Å²) in [6.07, 6.45) is 0. The molecule has 0 fully saturated rings. The molecule has 0 spiro atoms. The molecule has 0 N–H and O–H groups in total. The summed E-state index contributed by atoms with van der Waals surface area (Å²) in [5.41, 5.74) is 14.4. The molecule has 0 atom stereocenters. The van der Waals surface area contributed by atoms with Crippen molar-refractivity contribution in [3.8, 4) is 44.5 Å². The monoisotopic (exact) mass is 789 g/mol. The first-order valence-corrected chi connectivity index (χ1v) is 21.2. The third-order valence-corrected chi connectivity index (χ3v) is 12.5. The summed E-state index contributed by atoms with van der Waals surface area (Å²) in [6.45, 7) is 0. The molecule has 2 heteroatoms. The Kier molecular flexibility index (Phi) is 8.53. The standard InChI is InChI=1S/C60H39NO/c1-2-15-45-39-46(32-27-40(45)13-1)51-18-6-9-24-57(51)61(47-36-33-44(34-37-47)52-21-12-26-59-60(52)55-19-7-10-25-58(55)62-59)56-23-8-5-17-50(56)43-30-28-42(29-31-43)49-20-11-22-53-48-16-4-3-14-41(48)35-38-54(49)53/h1-39H. The van der Waals surface area contributed by atoms with Crippen LogP contribution in [0.2, 0.25) is 0 Å². The van der Waals surface area contributed by atoms with E-state index in [1.165, 1.54) is 49.0 Å². The van der Waals surface area contributed by atoms with E-state index in [1.807, 2.05) is 12.1 Å². The van der Waals surface area contributed by atoms with Gasteiger partial charge >= 0.3 is 0 Å². The van der Waals surface area contributed by atoms with E-state index in [-0.39, 0.29) is 0 Å². The van der Waals surface area contributed by atoms with Crippen LogP contribution in [0.15, 0.2) is 241 Å². The maximum absolute atomic E-state index is 6.29. The summed E-state index contributed by atoms with van der Waals surface area (Å²) in [5, 5.41) is 9.79. The molecule has 0 bridgehead atoms. The van der Waals surface area contributed by atoms with Crippen LogP contribution in [0, 0.1) is 0 Å². The van der Waals surface area contributed by atoms with Crippen LogP contribution in [0.1, 0.15) is 0 Å². The van der Waals surface area contributed by atoms with Crippen LogP contribution in [-0.4, -0.2) is 0 Å². The molecule has 0 aliphatic heterocycles. The van der Waals surface area contributed by atoms with Crippen LogP contribution < -0.4 is 4.90 Å². The topological polar surface area (TPSA) is 16.4 Å². The van der Waals surface area contributed by atoms with Crippen LogP contribution in [0.4, 0.5) is 17.1 Å². The van der Waals surface area contributed by atoms with Crippen molar-refractivity contribution in [2.45, 2.75) is 0 Å². The van der Waals surface area contributed by atoms with Gasteiger partial charge in [-0.25, -0.2) is 0 Å². The smallest absolute Gasteiger partial charge is 0.136 e. The fourth-order valence-electron chi connectivity index (χ4n) is 9.52. The molecule has 0 saturated carbocycles. The molecule has 12 rings (SSSR count). The van der Waals surface area contributed by atoms with Gasteiger partial charge in [-0.15, -0.1) is 0 Å². The van der Waals surface area contributed by atoms with Crippen LogP contribution >= 0.6 is 0 Å². The predicted molar refractivity (Wildman–Crippen MR) is 263 cm³/mol. The first-order chi connectivity index (χ1) is 30.7. The molecule has 290 valence electrons. The van der Waals surface area contributed by atoms with Crippen molar-refractivity contribution in [3.05, 3.63) is 237 Å². The maximum Gasteiger partial charge on any atom is 0.136 e. The van der Waals surface area contributed by atoms with Crippen LogP contribution in [0.25, 0.3) is 98.8 Å². The number of para-hydroxylation sites is 3. The van der Waals surface area contributed by atoms with E-state index in [9.17, 15) is 0 Å². The first kappa shape index (κ1) is 35.7. The van der Waals surface area contributed by atoms with E-state index in [4.69, 9.17) is 4.42 Å². The molecule has 0 aliphatic rings. The van der Waals surface area contributed by atoms with E-state index < -0.39 is 0 Å². The Balaban J connectivity index is 1.00. The average Bonchev–Trinajstić information content (AvgIpc) is 3.74. The SMILES string of the molecule is c1ccc(N(c2ccc(-c3cccc4oc5ccccc5c34)cc2)c2ccccc2-c2ccc3ccccc3c2)c(-c2ccc(-c3cccc4c3ccc3ccccc34)cc2)c1. The third-order valence-electron chi connectivity index (χ3n) is 12.5. The Morgan fingerprint density at radius 2 is 0.774 bits per heavy atom. The second-order valence-electron chi connectivity index (χ2n) is 16.0. The third kappa shape index (κ3) is 6.04. The zero-order valence-corrected chi connectivity index (χ0v) is 33.9. The van der Waals surface area contributed by atoms with Crippen LogP contribution in [-0.2, 0) is 0 Å². The molecule has 0 amide bonds. The van der Waals surface area contributed by atoms with Gasteiger partial charge < -0.3 is 9.32 Å². The van der Waals surface area contributed by atoms with Crippen LogP contribution in [0.3, 0.4) is 0 Å². The zero-order chi connectivity index (χ0) is 41.0. The van der Waals surface area contributed by atoms with Crippen molar-refractivity contribution in [1.29, 1.82) is 0 Å². The normalized spacial score (nSPS) is 11.5. The summed E-state index contributed by atoms with van der Waals surface area (Å²) in [4.78, 5) is 2.43. The molecule has 0 unspecified atom stereocenters. The molecular formula is C60H39NO. The minimum Gasteiger partial charge on any atom is -0.456 e. The fraction of sp³-hybridized carbons (Fsp3) is 0. The van der Waals surface area contributed by atoms with Crippen LogP contribution in [0.5, 0.6) is 0 Å². The number of rotatable bonds is 7. The summed E-state index contributed by atoms with van der Waals surface area (Å²) in [5.74, 6) is 0. The molecule has 0 aliphatic carbocycles. The van der Waals surface area contributed by atoms with Gasteiger partial charge in [0.25, 0.3) is 0 Å². The minimum absolute atomic E-state index is 0.896. The molecule has 1 aromatic heterocycles. The lowest BCUT2D eigenvalue weighted by Gasteiger charge is -2.30. The highest BCUT2D eigenvalue weighted by Gasteiger charge is 2.21. The number of furan rings is 1. The fourth-order valence-corrected chi connectivity index (χ4v) is 9.52. The maximum atomic E-state index is 6.29. The van der Waals surface area contributed by atoms with Gasteiger partial charge in [0.1, 0.15) is 11.2 Å². The largest absolute Gasteiger partial charge is 0.456 e. The van der Waals surface area contributed by atoms with Gasteiger partial charge in [-0.3, -0.25) is 0 Å². The number of anilines is 3. The van der Waals surface area contributed by atoms with Gasteiger partial charge in [0, 0.05) is 27.6 Å². The molecule has 0 radical (unpaired) electrons. The molecular weight excluding hydrogens is 751 g/mol. The van der Waals surface area contributed by atoms with Gasteiger partial charge in [0.2, 0.25) is 0 Å². The Labute approximate surface area is 360 Å². The Morgan fingerprint density at radius 3 is 1.56 bits per heavy atom. The quantitative estimate of drug-likeness (QED) is 0.150. The van der Waals surface area contributed by atoms with Crippen molar-refractivity contribution in [3.63, 3.8) is 0 Å². The molecule has 12 aromatic rings. The Bertz CT molecular complexity index is 3630. The number of fused-ring (bicyclic) bond motifs is 7. The zero-order valence-electron chi connectivity index (χ0n) is 33.9. The lowest BCUT2D eigenvalue weighted by molar-refractivity contribution is 0.669. The minimum atomic E-state index is 0.896. The average molecular weight is 790 g/mol. The van der Waals surface area contributed by atoms with E-state index >= 15 is 0 Å². The van der Waals surface area contributed by atoms with Gasteiger partial charge in [0.05, 0.1) is 11.4 Å². The van der Waals surface area contributed by atoms with E-state index in [1.54, 1.807) is 0 Å². The second kappa shape index (κ2) is 14.8. The van der Waals surface area contributed by atoms with Gasteiger partial charge in [-0.1, -0.05) is 194 Å². The summed E-state index contributed by atoms with van der Waals surface area (Å²) in [7, 11) is 0. The number of nitrogens with zero attached hydrogens (tertiary/aromatic N) is 1. The summed E-state index contributed by atoms with van der Waals surface area (Å²) >= 11 is 0. The van der Waals surface area contributed by atoms with E-state index in [2.05, 4.69) is 229 Å².